The number of nitrogens with zero attached hydrogens (tertiary/aromatic N) is 3. The SMILES string of the molecule is O=C(c1ccncc1)N1CC2CN(Cc3ccc[nH]3)C2C1. The first-order valence-corrected chi connectivity index (χ1v) is 7.37. The van der Waals surface area contributed by atoms with Crippen molar-refractivity contribution in [2.45, 2.75) is 12.6 Å². The Hall–Kier alpha value is -2.14. The van der Waals surface area contributed by atoms with Crippen LogP contribution < -0.4 is 0 Å². The van der Waals surface area contributed by atoms with Crippen LogP contribution in [0.5, 0.6) is 0 Å². The highest BCUT2D eigenvalue weighted by molar-refractivity contribution is 5.94. The van der Waals surface area contributed by atoms with E-state index in [4.69, 9.17) is 0 Å². The quantitative estimate of drug-likeness (QED) is 0.925. The van der Waals surface area contributed by atoms with E-state index in [1.807, 2.05) is 17.2 Å². The fraction of sp³-hybridized carbons (Fsp3) is 0.375. The van der Waals surface area contributed by atoms with Crippen LogP contribution in [0.3, 0.4) is 0 Å². The summed E-state index contributed by atoms with van der Waals surface area (Å²) >= 11 is 0. The van der Waals surface area contributed by atoms with E-state index in [0.29, 0.717) is 12.0 Å². The fourth-order valence-corrected chi connectivity index (χ4v) is 3.46. The molecule has 2 atom stereocenters. The van der Waals surface area contributed by atoms with Gasteiger partial charge in [-0.05, 0) is 24.3 Å². The van der Waals surface area contributed by atoms with Gasteiger partial charge in [-0.15, -0.1) is 0 Å². The molecular formula is C16H18N4O. The number of amides is 1. The molecule has 4 rings (SSSR count). The molecule has 2 aliphatic heterocycles. The largest absolute Gasteiger partial charge is 0.364 e. The number of carbonyl (C=O) groups excluding carboxylic acids is 1. The van der Waals surface area contributed by atoms with Gasteiger partial charge in [-0.2, -0.15) is 0 Å². The first-order chi connectivity index (χ1) is 10.3. The zero-order valence-corrected chi connectivity index (χ0v) is 11.8. The molecule has 2 aromatic rings. The van der Waals surface area contributed by atoms with Crippen LogP contribution in [0.4, 0.5) is 0 Å². The molecule has 2 aromatic heterocycles. The van der Waals surface area contributed by atoms with Crippen molar-refractivity contribution in [1.29, 1.82) is 0 Å². The Balaban J connectivity index is 1.40. The Labute approximate surface area is 123 Å². The van der Waals surface area contributed by atoms with E-state index >= 15 is 0 Å². The number of fused-ring (bicyclic) bond motifs is 1. The molecule has 4 heterocycles. The molecule has 0 bridgehead atoms. The lowest BCUT2D eigenvalue weighted by molar-refractivity contribution is 0.0423. The molecule has 5 heteroatoms. The van der Waals surface area contributed by atoms with Crippen molar-refractivity contribution >= 4 is 5.91 Å². The number of hydrogen-bond acceptors (Lipinski definition) is 3. The molecule has 0 radical (unpaired) electrons. The third kappa shape index (κ3) is 2.23. The van der Waals surface area contributed by atoms with Crippen molar-refractivity contribution in [2.75, 3.05) is 19.6 Å². The Kier molecular flexibility index (Phi) is 3.00. The van der Waals surface area contributed by atoms with E-state index in [1.165, 1.54) is 5.69 Å². The van der Waals surface area contributed by atoms with Gasteiger partial charge in [-0.25, -0.2) is 0 Å². The van der Waals surface area contributed by atoms with Gasteiger partial charge < -0.3 is 9.88 Å². The maximum Gasteiger partial charge on any atom is 0.254 e. The highest BCUT2D eigenvalue weighted by Crippen LogP contribution is 2.33. The molecule has 21 heavy (non-hydrogen) atoms. The summed E-state index contributed by atoms with van der Waals surface area (Å²) in [4.78, 5) is 24.1. The number of likely N-dealkylation sites (tertiary alicyclic amines) is 2. The molecule has 1 N–H and O–H groups in total. The Morgan fingerprint density at radius 2 is 2.10 bits per heavy atom. The average Bonchev–Trinajstić information content (AvgIpc) is 3.13. The zero-order chi connectivity index (χ0) is 14.2. The maximum atomic E-state index is 12.5. The zero-order valence-electron chi connectivity index (χ0n) is 11.8. The molecule has 2 saturated heterocycles. The van der Waals surface area contributed by atoms with Gasteiger partial charge in [0.15, 0.2) is 0 Å². The minimum absolute atomic E-state index is 0.131. The van der Waals surface area contributed by atoms with Gasteiger partial charge in [0, 0.05) is 68.0 Å². The minimum atomic E-state index is 0.131. The summed E-state index contributed by atoms with van der Waals surface area (Å²) in [6, 6.07) is 8.24. The molecule has 2 unspecified atom stereocenters. The lowest BCUT2D eigenvalue weighted by Gasteiger charge is -2.43. The topological polar surface area (TPSA) is 52.2 Å². The second kappa shape index (κ2) is 5.00. The lowest BCUT2D eigenvalue weighted by Crippen LogP contribution is -2.54. The van der Waals surface area contributed by atoms with Crippen molar-refractivity contribution in [2.24, 2.45) is 5.92 Å². The number of hydrogen-bond donors (Lipinski definition) is 1. The number of aromatic amines is 1. The summed E-state index contributed by atoms with van der Waals surface area (Å²) in [6.45, 7) is 3.76. The van der Waals surface area contributed by atoms with E-state index < -0.39 is 0 Å². The number of H-pyrrole nitrogens is 1. The Morgan fingerprint density at radius 1 is 1.24 bits per heavy atom. The first kappa shape index (κ1) is 12.6. The van der Waals surface area contributed by atoms with Gasteiger partial charge in [0.05, 0.1) is 0 Å². The van der Waals surface area contributed by atoms with Crippen LogP contribution in [0.2, 0.25) is 0 Å². The second-order valence-electron chi connectivity index (χ2n) is 5.90. The third-order valence-electron chi connectivity index (χ3n) is 4.59. The fourth-order valence-electron chi connectivity index (χ4n) is 3.46. The smallest absolute Gasteiger partial charge is 0.254 e. The highest BCUT2D eigenvalue weighted by Gasteiger charge is 2.46. The summed E-state index contributed by atoms with van der Waals surface area (Å²) in [5.41, 5.74) is 1.98. The lowest BCUT2D eigenvalue weighted by atomic mass is 9.92. The van der Waals surface area contributed by atoms with E-state index in [-0.39, 0.29) is 5.91 Å². The van der Waals surface area contributed by atoms with Crippen LogP contribution in [0.25, 0.3) is 0 Å². The molecule has 0 saturated carbocycles. The van der Waals surface area contributed by atoms with Crippen LogP contribution in [0, 0.1) is 5.92 Å². The van der Waals surface area contributed by atoms with Gasteiger partial charge in [0.2, 0.25) is 0 Å². The molecule has 2 fully saturated rings. The van der Waals surface area contributed by atoms with Gasteiger partial charge >= 0.3 is 0 Å². The van der Waals surface area contributed by atoms with Crippen molar-refractivity contribution in [1.82, 2.24) is 19.8 Å². The van der Waals surface area contributed by atoms with E-state index in [0.717, 1.165) is 31.7 Å². The molecule has 0 aromatic carbocycles. The number of carbonyl (C=O) groups is 1. The van der Waals surface area contributed by atoms with Crippen molar-refractivity contribution < 1.29 is 4.79 Å². The molecular weight excluding hydrogens is 264 g/mol. The highest BCUT2D eigenvalue weighted by atomic mass is 16.2. The van der Waals surface area contributed by atoms with E-state index in [2.05, 4.69) is 20.9 Å². The van der Waals surface area contributed by atoms with Crippen molar-refractivity contribution in [3.05, 3.63) is 54.1 Å². The number of rotatable bonds is 3. The minimum Gasteiger partial charge on any atom is -0.364 e. The van der Waals surface area contributed by atoms with Crippen LogP contribution in [-0.4, -0.2) is 51.4 Å². The Morgan fingerprint density at radius 3 is 2.86 bits per heavy atom. The Bertz CT molecular complexity index is 625. The summed E-state index contributed by atoms with van der Waals surface area (Å²) in [7, 11) is 0. The summed E-state index contributed by atoms with van der Waals surface area (Å²) in [5.74, 6) is 0.761. The molecule has 1 amide bonds. The average molecular weight is 282 g/mol. The first-order valence-electron chi connectivity index (χ1n) is 7.37. The van der Waals surface area contributed by atoms with E-state index in [1.54, 1.807) is 24.5 Å². The molecule has 5 nitrogen and oxygen atoms in total. The van der Waals surface area contributed by atoms with Gasteiger partial charge in [-0.1, -0.05) is 0 Å². The van der Waals surface area contributed by atoms with Gasteiger partial charge in [0.1, 0.15) is 0 Å². The molecule has 108 valence electrons. The number of pyridine rings is 1. The third-order valence-corrected chi connectivity index (χ3v) is 4.59. The van der Waals surface area contributed by atoms with E-state index in [9.17, 15) is 4.79 Å². The molecule has 0 spiro atoms. The van der Waals surface area contributed by atoms with Crippen LogP contribution in [0.1, 0.15) is 16.1 Å². The second-order valence-corrected chi connectivity index (χ2v) is 5.90. The molecule has 0 aliphatic carbocycles. The summed E-state index contributed by atoms with van der Waals surface area (Å²) in [6.07, 6.45) is 5.31. The van der Waals surface area contributed by atoms with Crippen LogP contribution >= 0.6 is 0 Å². The normalized spacial score (nSPS) is 24.7. The van der Waals surface area contributed by atoms with Crippen molar-refractivity contribution in [3.63, 3.8) is 0 Å². The van der Waals surface area contributed by atoms with Crippen LogP contribution in [0.15, 0.2) is 42.9 Å². The predicted molar refractivity (Wildman–Crippen MR) is 78.6 cm³/mol. The standard InChI is InChI=1S/C16H18N4O/c21-16(12-3-6-17-7-4-12)20-9-13-8-19(15(13)11-20)10-14-2-1-5-18-14/h1-7,13,15,18H,8-11H2. The van der Waals surface area contributed by atoms with Gasteiger partial charge in [0.25, 0.3) is 5.91 Å². The van der Waals surface area contributed by atoms with Crippen molar-refractivity contribution in [3.8, 4) is 0 Å². The summed E-state index contributed by atoms with van der Waals surface area (Å²) in [5, 5.41) is 0. The summed E-state index contributed by atoms with van der Waals surface area (Å²) < 4.78 is 0. The van der Waals surface area contributed by atoms with Gasteiger partial charge in [-0.3, -0.25) is 14.7 Å². The number of aromatic nitrogens is 2. The van der Waals surface area contributed by atoms with Crippen LogP contribution in [-0.2, 0) is 6.54 Å². The molecule has 2 aliphatic rings. The monoisotopic (exact) mass is 282 g/mol. The predicted octanol–water partition coefficient (Wildman–Crippen LogP) is 1.37. The number of nitrogens with one attached hydrogen (secondary N) is 1. The maximum absolute atomic E-state index is 12.5.